The molecule has 0 spiro atoms. The highest BCUT2D eigenvalue weighted by Gasteiger charge is 2.19. The van der Waals surface area contributed by atoms with Gasteiger partial charge in [-0.05, 0) is 69.0 Å². The summed E-state index contributed by atoms with van der Waals surface area (Å²) < 4.78 is 16.4. The first-order chi connectivity index (χ1) is 16.0. The third-order valence-corrected chi connectivity index (χ3v) is 5.18. The van der Waals surface area contributed by atoms with E-state index in [-0.39, 0.29) is 18.1 Å². The van der Waals surface area contributed by atoms with E-state index < -0.39 is 18.5 Å². The molecule has 2 aromatic carbocycles. The number of nitrogens with one attached hydrogen (secondary N) is 1. The van der Waals surface area contributed by atoms with Crippen LogP contribution in [-0.2, 0) is 14.3 Å². The topological polar surface area (TPSA) is 94.2 Å². The molecule has 0 atom stereocenters. The lowest BCUT2D eigenvalue weighted by Crippen LogP contribution is -2.38. The maximum atomic E-state index is 12.4. The minimum atomic E-state index is -0.661. The molecule has 0 aromatic heterocycles. The average molecular weight is 455 g/mol. The summed E-state index contributed by atoms with van der Waals surface area (Å²) in [6.45, 7) is 5.08. The third-order valence-electron chi connectivity index (χ3n) is 5.18. The van der Waals surface area contributed by atoms with Gasteiger partial charge >= 0.3 is 5.97 Å². The summed E-state index contributed by atoms with van der Waals surface area (Å²) in [5.41, 5.74) is 1.86. The fraction of sp³-hybridized carbons (Fsp3) is 0.400. The van der Waals surface area contributed by atoms with Crippen LogP contribution in [0.5, 0.6) is 11.5 Å². The van der Waals surface area contributed by atoms with Crippen LogP contribution in [0.25, 0.3) is 0 Å². The highest BCUT2D eigenvalue weighted by atomic mass is 16.5. The largest absolute Gasteiger partial charge is 0.490 e. The monoisotopic (exact) mass is 454 g/mol. The Hall–Kier alpha value is -3.55. The number of carbonyl (C=O) groups is 3. The Balaban J connectivity index is 1.56. The molecule has 33 heavy (non-hydrogen) atoms. The fourth-order valence-corrected chi connectivity index (χ4v) is 3.53. The van der Waals surface area contributed by atoms with Gasteiger partial charge in [-0.3, -0.25) is 9.59 Å². The summed E-state index contributed by atoms with van der Waals surface area (Å²) in [6.07, 6.45) is 3.16. The fourth-order valence-electron chi connectivity index (χ4n) is 3.53. The number of piperidine rings is 1. The van der Waals surface area contributed by atoms with Gasteiger partial charge in [0.05, 0.1) is 12.2 Å². The highest BCUT2D eigenvalue weighted by molar-refractivity contribution is 5.95. The first-order valence-electron chi connectivity index (χ1n) is 11.2. The van der Waals surface area contributed by atoms with E-state index >= 15 is 0 Å². The van der Waals surface area contributed by atoms with Crippen molar-refractivity contribution in [1.29, 1.82) is 0 Å². The molecule has 8 nitrogen and oxygen atoms in total. The molecule has 0 unspecified atom stereocenters. The molecule has 2 amide bonds. The zero-order chi connectivity index (χ0) is 23.6. The molecule has 1 aliphatic heterocycles. The molecule has 1 saturated heterocycles. The highest BCUT2D eigenvalue weighted by Crippen LogP contribution is 2.29. The van der Waals surface area contributed by atoms with Crippen molar-refractivity contribution in [1.82, 2.24) is 4.90 Å². The molecule has 176 valence electrons. The van der Waals surface area contributed by atoms with Gasteiger partial charge in [-0.1, -0.05) is 12.1 Å². The number of rotatable bonds is 9. The zero-order valence-electron chi connectivity index (χ0n) is 19.1. The van der Waals surface area contributed by atoms with Crippen LogP contribution in [0.1, 0.15) is 42.1 Å². The van der Waals surface area contributed by atoms with Gasteiger partial charge in [0, 0.05) is 18.8 Å². The Morgan fingerprint density at radius 1 is 0.939 bits per heavy atom. The van der Waals surface area contributed by atoms with Gasteiger partial charge in [0.25, 0.3) is 11.8 Å². The van der Waals surface area contributed by atoms with Gasteiger partial charge in [-0.25, -0.2) is 4.79 Å². The number of hydrogen-bond donors (Lipinski definition) is 1. The average Bonchev–Trinajstić information content (AvgIpc) is 2.82. The van der Waals surface area contributed by atoms with Crippen molar-refractivity contribution in [2.24, 2.45) is 0 Å². The number of ether oxygens (including phenoxy) is 3. The zero-order valence-corrected chi connectivity index (χ0v) is 19.1. The molecular weight excluding hydrogens is 424 g/mol. The smallest absolute Gasteiger partial charge is 0.338 e. The Morgan fingerprint density at radius 2 is 1.73 bits per heavy atom. The molecule has 1 N–H and O–H groups in total. The standard InChI is InChI=1S/C25H30N2O6/c1-3-31-22-15-19(10-11-21(22)32-17-24(29)27-12-5-4-6-13-27)25(30)33-16-23(28)26-20-9-7-8-18(2)14-20/h7-11,14-15H,3-6,12-13,16-17H2,1-2H3,(H,26,28). The van der Waals surface area contributed by atoms with Crippen molar-refractivity contribution in [3.8, 4) is 11.5 Å². The predicted molar refractivity (Wildman–Crippen MR) is 124 cm³/mol. The summed E-state index contributed by atoms with van der Waals surface area (Å²) >= 11 is 0. The number of hydrogen-bond acceptors (Lipinski definition) is 6. The van der Waals surface area contributed by atoms with E-state index in [0.29, 0.717) is 23.8 Å². The minimum absolute atomic E-state index is 0.0692. The Morgan fingerprint density at radius 3 is 2.45 bits per heavy atom. The van der Waals surface area contributed by atoms with Crippen LogP contribution < -0.4 is 14.8 Å². The molecular formula is C25H30N2O6. The number of likely N-dealkylation sites (tertiary alicyclic amines) is 1. The summed E-state index contributed by atoms with van der Waals surface area (Å²) in [5, 5.41) is 2.69. The number of benzene rings is 2. The van der Waals surface area contributed by atoms with Gasteiger partial charge in [0.1, 0.15) is 0 Å². The summed E-state index contributed by atoms with van der Waals surface area (Å²) in [4.78, 5) is 38.7. The second-order valence-corrected chi connectivity index (χ2v) is 7.82. The van der Waals surface area contributed by atoms with Crippen LogP contribution in [0.3, 0.4) is 0 Å². The van der Waals surface area contributed by atoms with Crippen LogP contribution in [0.15, 0.2) is 42.5 Å². The van der Waals surface area contributed by atoms with Gasteiger partial charge in [-0.15, -0.1) is 0 Å². The molecule has 2 aromatic rings. The summed E-state index contributed by atoms with van der Waals surface area (Å²) in [6, 6.07) is 11.9. The Kier molecular flexibility index (Phi) is 8.69. The molecule has 3 rings (SSSR count). The molecule has 0 aliphatic carbocycles. The minimum Gasteiger partial charge on any atom is -0.490 e. The second kappa shape index (κ2) is 11.9. The van der Waals surface area contributed by atoms with E-state index in [1.165, 1.54) is 12.1 Å². The van der Waals surface area contributed by atoms with Crippen molar-refractivity contribution in [3.05, 3.63) is 53.6 Å². The lowest BCUT2D eigenvalue weighted by atomic mass is 10.1. The summed E-state index contributed by atoms with van der Waals surface area (Å²) in [7, 11) is 0. The van der Waals surface area contributed by atoms with Gasteiger partial charge in [-0.2, -0.15) is 0 Å². The quantitative estimate of drug-likeness (QED) is 0.582. The van der Waals surface area contributed by atoms with Crippen LogP contribution in [0.4, 0.5) is 5.69 Å². The Bertz CT molecular complexity index is 985. The van der Waals surface area contributed by atoms with E-state index in [4.69, 9.17) is 14.2 Å². The van der Waals surface area contributed by atoms with Crippen molar-refractivity contribution in [2.75, 3.05) is 38.2 Å². The van der Waals surface area contributed by atoms with Crippen LogP contribution in [-0.4, -0.2) is 55.6 Å². The first-order valence-corrected chi connectivity index (χ1v) is 11.2. The van der Waals surface area contributed by atoms with Gasteiger partial charge in [0.15, 0.2) is 24.7 Å². The van der Waals surface area contributed by atoms with E-state index in [0.717, 1.165) is 37.9 Å². The number of carbonyl (C=O) groups excluding carboxylic acids is 3. The number of nitrogens with zero attached hydrogens (tertiary/aromatic N) is 1. The maximum Gasteiger partial charge on any atom is 0.338 e. The number of amides is 2. The van der Waals surface area contributed by atoms with E-state index in [1.807, 2.05) is 32.0 Å². The molecule has 1 heterocycles. The third kappa shape index (κ3) is 7.24. The SMILES string of the molecule is CCOc1cc(C(=O)OCC(=O)Nc2cccc(C)c2)ccc1OCC(=O)N1CCCCC1. The molecule has 0 radical (unpaired) electrons. The lowest BCUT2D eigenvalue weighted by Gasteiger charge is -2.26. The predicted octanol–water partition coefficient (Wildman–Crippen LogP) is 3.58. The number of esters is 1. The van der Waals surface area contributed by atoms with Gasteiger partial charge in [0.2, 0.25) is 0 Å². The van der Waals surface area contributed by atoms with Gasteiger partial charge < -0.3 is 24.4 Å². The molecule has 1 fully saturated rings. The normalized spacial score (nSPS) is 13.2. The van der Waals surface area contributed by atoms with E-state index in [2.05, 4.69) is 5.32 Å². The van der Waals surface area contributed by atoms with Crippen LogP contribution >= 0.6 is 0 Å². The van der Waals surface area contributed by atoms with Crippen molar-refractivity contribution >= 4 is 23.5 Å². The van der Waals surface area contributed by atoms with E-state index in [1.54, 1.807) is 17.0 Å². The molecule has 0 saturated carbocycles. The summed E-state index contributed by atoms with van der Waals surface area (Å²) in [5.74, 6) is -0.458. The number of anilines is 1. The van der Waals surface area contributed by atoms with Crippen molar-refractivity contribution in [2.45, 2.75) is 33.1 Å². The van der Waals surface area contributed by atoms with Crippen LogP contribution in [0.2, 0.25) is 0 Å². The number of aryl methyl sites for hydroxylation is 1. The lowest BCUT2D eigenvalue weighted by molar-refractivity contribution is -0.134. The molecule has 1 aliphatic rings. The van der Waals surface area contributed by atoms with Crippen molar-refractivity contribution in [3.63, 3.8) is 0 Å². The molecule has 8 heteroatoms. The van der Waals surface area contributed by atoms with Crippen molar-refractivity contribution < 1.29 is 28.6 Å². The maximum absolute atomic E-state index is 12.4. The first kappa shape index (κ1) is 24.1. The van der Waals surface area contributed by atoms with E-state index in [9.17, 15) is 14.4 Å². The second-order valence-electron chi connectivity index (χ2n) is 7.82. The molecule has 0 bridgehead atoms. The Labute approximate surface area is 193 Å². The van der Waals surface area contributed by atoms with Crippen LogP contribution in [0, 0.1) is 6.92 Å².